The van der Waals surface area contributed by atoms with E-state index in [1.807, 2.05) is 30.3 Å². The normalized spacial score (nSPS) is 15.2. The molecule has 1 saturated heterocycles. The topological polar surface area (TPSA) is 58.6 Å². The third kappa shape index (κ3) is 5.21. The zero-order valence-corrected chi connectivity index (χ0v) is 18.2. The molecule has 0 saturated carbocycles. The van der Waals surface area contributed by atoms with Crippen LogP contribution in [0.25, 0.3) is 6.08 Å². The molecule has 3 rings (SSSR count). The van der Waals surface area contributed by atoms with Crippen LogP contribution >= 0.6 is 39.9 Å². The molecule has 8 heteroatoms. The van der Waals surface area contributed by atoms with E-state index in [0.29, 0.717) is 20.7 Å². The van der Waals surface area contributed by atoms with Gasteiger partial charge in [0.05, 0.1) is 12.0 Å². The molecule has 0 atom stereocenters. The van der Waals surface area contributed by atoms with Crippen LogP contribution in [0.5, 0.6) is 5.75 Å². The maximum Gasteiger partial charge on any atom is 0.266 e. The first-order valence-electron chi connectivity index (χ1n) is 8.41. The number of hydrogen-bond donors (Lipinski definition) is 1. The van der Waals surface area contributed by atoms with Crippen molar-refractivity contribution in [2.24, 2.45) is 0 Å². The minimum Gasteiger partial charge on any atom is -0.497 e. The molecule has 0 unspecified atom stereocenters. The Morgan fingerprint density at radius 3 is 2.54 bits per heavy atom. The molecule has 1 fully saturated rings. The number of rotatable bonds is 6. The summed E-state index contributed by atoms with van der Waals surface area (Å²) in [6, 6.07) is 14.7. The number of nitrogens with zero attached hydrogens (tertiary/aromatic N) is 1. The van der Waals surface area contributed by atoms with Crippen molar-refractivity contribution in [3.05, 3.63) is 63.5 Å². The smallest absolute Gasteiger partial charge is 0.266 e. The summed E-state index contributed by atoms with van der Waals surface area (Å²) >= 11 is 9.96. The molecule has 5 nitrogen and oxygen atoms in total. The predicted octanol–water partition coefficient (Wildman–Crippen LogP) is 4.69. The van der Waals surface area contributed by atoms with Crippen molar-refractivity contribution in [3.63, 3.8) is 0 Å². The number of thiocarbonyl (C=S) groups is 1. The molecular weight excluding hydrogens is 460 g/mol. The number of ether oxygens (including phenoxy) is 1. The van der Waals surface area contributed by atoms with Crippen LogP contribution in [0.15, 0.2) is 57.9 Å². The third-order valence-electron chi connectivity index (χ3n) is 3.98. The number of methoxy groups -OCH3 is 1. The maximum absolute atomic E-state index is 12.6. The molecule has 1 aliphatic rings. The van der Waals surface area contributed by atoms with Crippen molar-refractivity contribution in [2.45, 2.75) is 6.42 Å². The molecule has 2 aromatic carbocycles. The van der Waals surface area contributed by atoms with Crippen LogP contribution in [0.1, 0.15) is 12.0 Å². The van der Waals surface area contributed by atoms with Crippen LogP contribution in [0.3, 0.4) is 0 Å². The van der Waals surface area contributed by atoms with Crippen molar-refractivity contribution in [2.75, 3.05) is 19.0 Å². The molecule has 0 aliphatic carbocycles. The summed E-state index contributed by atoms with van der Waals surface area (Å²) in [5.41, 5.74) is 1.59. The van der Waals surface area contributed by atoms with Crippen LogP contribution in [-0.4, -0.2) is 34.7 Å². The molecule has 2 amide bonds. The third-order valence-corrected chi connectivity index (χ3v) is 5.88. The maximum atomic E-state index is 12.6. The average Bonchev–Trinajstić information content (AvgIpc) is 2.95. The van der Waals surface area contributed by atoms with Crippen LogP contribution < -0.4 is 10.1 Å². The monoisotopic (exact) mass is 476 g/mol. The van der Waals surface area contributed by atoms with Gasteiger partial charge in [0, 0.05) is 23.1 Å². The van der Waals surface area contributed by atoms with Crippen molar-refractivity contribution >= 4 is 67.8 Å². The number of benzene rings is 2. The van der Waals surface area contributed by atoms with Gasteiger partial charge in [-0.25, -0.2) is 0 Å². The highest BCUT2D eigenvalue weighted by molar-refractivity contribution is 9.10. The van der Waals surface area contributed by atoms with Gasteiger partial charge in [0.2, 0.25) is 5.91 Å². The second-order valence-electron chi connectivity index (χ2n) is 5.91. The Kier molecular flexibility index (Phi) is 6.88. The Bertz CT molecular complexity index is 927. The number of nitrogens with one attached hydrogen (secondary N) is 1. The fourth-order valence-corrected chi connectivity index (χ4v) is 4.09. The van der Waals surface area contributed by atoms with Crippen molar-refractivity contribution in [1.29, 1.82) is 0 Å². The number of anilines is 1. The molecule has 28 heavy (non-hydrogen) atoms. The predicted molar refractivity (Wildman–Crippen MR) is 120 cm³/mol. The highest BCUT2D eigenvalue weighted by Gasteiger charge is 2.32. The Morgan fingerprint density at radius 1 is 1.21 bits per heavy atom. The molecule has 0 radical (unpaired) electrons. The zero-order valence-electron chi connectivity index (χ0n) is 15.0. The van der Waals surface area contributed by atoms with Crippen LogP contribution in [0.4, 0.5) is 5.69 Å². The summed E-state index contributed by atoms with van der Waals surface area (Å²) in [7, 11) is 1.58. The van der Waals surface area contributed by atoms with E-state index in [2.05, 4.69) is 21.2 Å². The Hall–Kier alpha value is -2.16. The summed E-state index contributed by atoms with van der Waals surface area (Å²) in [6.07, 6.45) is 1.97. The lowest BCUT2D eigenvalue weighted by Crippen LogP contribution is -2.31. The van der Waals surface area contributed by atoms with E-state index in [9.17, 15) is 9.59 Å². The number of carbonyl (C=O) groups is 2. The van der Waals surface area contributed by atoms with Crippen LogP contribution in [0.2, 0.25) is 0 Å². The Balaban J connectivity index is 1.57. The second kappa shape index (κ2) is 9.36. The van der Waals surface area contributed by atoms with Gasteiger partial charge in [-0.05, 0) is 48.0 Å². The van der Waals surface area contributed by atoms with Crippen molar-refractivity contribution in [1.82, 2.24) is 4.90 Å². The van der Waals surface area contributed by atoms with Crippen molar-refractivity contribution in [3.8, 4) is 5.75 Å². The highest BCUT2D eigenvalue weighted by Crippen LogP contribution is 2.32. The first-order valence-corrected chi connectivity index (χ1v) is 10.4. The Labute approximate surface area is 181 Å². The van der Waals surface area contributed by atoms with E-state index in [1.165, 1.54) is 16.7 Å². The summed E-state index contributed by atoms with van der Waals surface area (Å²) in [5.74, 6) is 0.361. The lowest BCUT2D eigenvalue weighted by atomic mass is 10.2. The molecule has 144 valence electrons. The van der Waals surface area contributed by atoms with Gasteiger partial charge in [-0.2, -0.15) is 0 Å². The van der Waals surface area contributed by atoms with Gasteiger partial charge in [0.15, 0.2) is 0 Å². The summed E-state index contributed by atoms with van der Waals surface area (Å²) in [5, 5.41) is 2.80. The van der Waals surface area contributed by atoms with Crippen molar-refractivity contribution < 1.29 is 14.3 Å². The lowest BCUT2D eigenvalue weighted by molar-refractivity contribution is -0.122. The summed E-state index contributed by atoms with van der Waals surface area (Å²) < 4.78 is 6.53. The van der Waals surface area contributed by atoms with E-state index in [4.69, 9.17) is 17.0 Å². The first-order chi connectivity index (χ1) is 13.5. The SMILES string of the molecule is COc1ccc(NC(=O)CCN2C(=O)/C(=C/c3ccc(Br)cc3)SC2=S)cc1. The number of halogens is 1. The van der Waals surface area contributed by atoms with Gasteiger partial charge in [-0.15, -0.1) is 0 Å². The molecule has 2 aromatic rings. The van der Waals surface area contributed by atoms with Crippen LogP contribution in [-0.2, 0) is 9.59 Å². The molecular formula is C20H17BrN2O3S2. The molecule has 1 aliphatic heterocycles. The standard InChI is InChI=1S/C20H17BrN2O3S2/c1-26-16-8-6-15(7-9-16)22-18(24)10-11-23-19(25)17(28-20(23)27)12-13-2-4-14(21)5-3-13/h2-9,12H,10-11H2,1H3,(H,22,24)/b17-12-. The van der Waals surface area contributed by atoms with Gasteiger partial charge in [0.1, 0.15) is 10.1 Å². The largest absolute Gasteiger partial charge is 0.497 e. The van der Waals surface area contributed by atoms with E-state index in [1.54, 1.807) is 31.4 Å². The molecule has 0 aromatic heterocycles. The minimum absolute atomic E-state index is 0.157. The van der Waals surface area contributed by atoms with Gasteiger partial charge in [-0.1, -0.05) is 52.0 Å². The van der Waals surface area contributed by atoms with E-state index < -0.39 is 0 Å². The number of thioether (sulfide) groups is 1. The van der Waals surface area contributed by atoms with Gasteiger partial charge < -0.3 is 10.1 Å². The van der Waals surface area contributed by atoms with E-state index in [0.717, 1.165) is 10.0 Å². The molecule has 0 spiro atoms. The summed E-state index contributed by atoms with van der Waals surface area (Å²) in [4.78, 5) is 26.8. The number of carbonyl (C=O) groups excluding carboxylic acids is 2. The van der Waals surface area contributed by atoms with Gasteiger partial charge >= 0.3 is 0 Å². The number of amides is 2. The van der Waals surface area contributed by atoms with Gasteiger partial charge in [-0.3, -0.25) is 14.5 Å². The first kappa shape index (κ1) is 20.6. The quantitative estimate of drug-likeness (QED) is 0.484. The van der Waals surface area contributed by atoms with E-state index in [-0.39, 0.29) is 24.8 Å². The fraction of sp³-hybridized carbons (Fsp3) is 0.150. The highest BCUT2D eigenvalue weighted by atomic mass is 79.9. The lowest BCUT2D eigenvalue weighted by Gasteiger charge is -2.14. The molecule has 0 bridgehead atoms. The fourth-order valence-electron chi connectivity index (χ4n) is 2.51. The average molecular weight is 477 g/mol. The van der Waals surface area contributed by atoms with E-state index >= 15 is 0 Å². The second-order valence-corrected chi connectivity index (χ2v) is 8.50. The zero-order chi connectivity index (χ0) is 20.1. The minimum atomic E-state index is -0.184. The molecule has 1 N–H and O–H groups in total. The molecule has 1 heterocycles. The Morgan fingerprint density at radius 2 is 1.89 bits per heavy atom. The number of hydrogen-bond acceptors (Lipinski definition) is 5. The summed E-state index contributed by atoms with van der Waals surface area (Å²) in [6.45, 7) is 0.240. The van der Waals surface area contributed by atoms with Gasteiger partial charge in [0.25, 0.3) is 5.91 Å². The van der Waals surface area contributed by atoms with Crippen LogP contribution in [0, 0.1) is 0 Å².